The number of thiazole rings is 1. The van der Waals surface area contributed by atoms with Gasteiger partial charge in [-0.15, -0.1) is 11.3 Å². The molecule has 9 heteroatoms. The number of esters is 1. The van der Waals surface area contributed by atoms with Gasteiger partial charge in [0, 0.05) is 19.9 Å². The normalized spacial score (nSPS) is 19.3. The zero-order chi connectivity index (χ0) is 24.3. The van der Waals surface area contributed by atoms with Gasteiger partial charge in [-0.2, -0.15) is 0 Å². The van der Waals surface area contributed by atoms with E-state index in [0.29, 0.717) is 6.54 Å². The SMILES string of the molecule is CC(=O)OC1C[C@@H](C(=O)NCc2ccc(-c3scnc3C)cc2)N(C(=O)[C@@H](N)C(C)(C)C)C1. The zero-order valence-corrected chi connectivity index (χ0v) is 20.6. The first-order valence-electron chi connectivity index (χ1n) is 11.0. The highest BCUT2D eigenvalue weighted by Crippen LogP contribution is 2.28. The average Bonchev–Trinajstić information content (AvgIpc) is 3.36. The van der Waals surface area contributed by atoms with Gasteiger partial charge in [-0.05, 0) is 23.5 Å². The van der Waals surface area contributed by atoms with Crippen molar-refractivity contribution < 1.29 is 19.1 Å². The van der Waals surface area contributed by atoms with Crippen LogP contribution in [0.15, 0.2) is 29.8 Å². The Labute approximate surface area is 198 Å². The lowest BCUT2D eigenvalue weighted by molar-refractivity contribution is -0.147. The second-order valence-electron chi connectivity index (χ2n) is 9.50. The Kier molecular flexibility index (Phi) is 7.54. The molecule has 2 amide bonds. The van der Waals surface area contributed by atoms with Crippen LogP contribution in [0.4, 0.5) is 0 Å². The van der Waals surface area contributed by atoms with Crippen LogP contribution >= 0.6 is 11.3 Å². The van der Waals surface area contributed by atoms with Crippen molar-refractivity contribution >= 4 is 29.1 Å². The van der Waals surface area contributed by atoms with E-state index in [4.69, 9.17) is 10.5 Å². The predicted octanol–water partition coefficient (Wildman–Crippen LogP) is 2.64. The molecule has 8 nitrogen and oxygen atoms in total. The number of nitrogens with one attached hydrogen (secondary N) is 1. The molecule has 2 heterocycles. The van der Waals surface area contributed by atoms with E-state index in [2.05, 4.69) is 10.3 Å². The summed E-state index contributed by atoms with van der Waals surface area (Å²) in [7, 11) is 0. The van der Waals surface area contributed by atoms with Crippen molar-refractivity contribution in [1.29, 1.82) is 0 Å². The van der Waals surface area contributed by atoms with Gasteiger partial charge < -0.3 is 20.7 Å². The molecule has 2 aromatic rings. The van der Waals surface area contributed by atoms with Crippen LogP contribution in [0, 0.1) is 12.3 Å². The Hall–Kier alpha value is -2.78. The van der Waals surface area contributed by atoms with E-state index in [0.717, 1.165) is 21.7 Å². The summed E-state index contributed by atoms with van der Waals surface area (Å²) in [6, 6.07) is 6.42. The fourth-order valence-electron chi connectivity index (χ4n) is 3.82. The number of hydrogen-bond acceptors (Lipinski definition) is 7. The van der Waals surface area contributed by atoms with E-state index in [9.17, 15) is 14.4 Å². The highest BCUT2D eigenvalue weighted by atomic mass is 32.1. The topological polar surface area (TPSA) is 115 Å². The number of amides is 2. The Morgan fingerprint density at radius 3 is 2.48 bits per heavy atom. The fraction of sp³-hybridized carbons (Fsp3) is 0.500. The molecule has 0 saturated carbocycles. The Balaban J connectivity index is 1.68. The lowest BCUT2D eigenvalue weighted by Gasteiger charge is -2.32. The Morgan fingerprint density at radius 2 is 1.94 bits per heavy atom. The first-order chi connectivity index (χ1) is 15.5. The monoisotopic (exact) mass is 472 g/mol. The molecule has 33 heavy (non-hydrogen) atoms. The van der Waals surface area contributed by atoms with Crippen molar-refractivity contribution in [2.75, 3.05) is 6.54 Å². The van der Waals surface area contributed by atoms with Gasteiger partial charge in [0.2, 0.25) is 11.8 Å². The first-order valence-corrected chi connectivity index (χ1v) is 11.9. The highest BCUT2D eigenvalue weighted by Gasteiger charge is 2.44. The van der Waals surface area contributed by atoms with E-state index >= 15 is 0 Å². The molecular weight excluding hydrogens is 440 g/mol. The van der Waals surface area contributed by atoms with Crippen molar-refractivity contribution in [1.82, 2.24) is 15.2 Å². The van der Waals surface area contributed by atoms with Crippen LogP contribution in [0.2, 0.25) is 0 Å². The highest BCUT2D eigenvalue weighted by molar-refractivity contribution is 7.13. The molecule has 1 aliphatic heterocycles. The van der Waals surface area contributed by atoms with Crippen molar-refractivity contribution in [3.8, 4) is 10.4 Å². The largest absolute Gasteiger partial charge is 0.461 e. The second kappa shape index (κ2) is 10.0. The summed E-state index contributed by atoms with van der Waals surface area (Å²) in [6.45, 7) is 9.40. The number of nitrogens with two attached hydrogens (primary N) is 1. The maximum atomic E-state index is 13.1. The van der Waals surface area contributed by atoms with E-state index in [-0.39, 0.29) is 24.8 Å². The number of hydrogen-bond donors (Lipinski definition) is 2. The van der Waals surface area contributed by atoms with Crippen LogP contribution in [-0.2, 0) is 25.7 Å². The molecule has 1 aromatic heterocycles. The summed E-state index contributed by atoms with van der Waals surface area (Å²) < 4.78 is 5.30. The molecule has 178 valence electrons. The number of carbonyl (C=O) groups is 3. The third kappa shape index (κ3) is 5.97. The van der Waals surface area contributed by atoms with Gasteiger partial charge in [-0.1, -0.05) is 45.0 Å². The minimum atomic E-state index is -0.772. The molecule has 0 radical (unpaired) electrons. The molecule has 1 unspecified atom stereocenters. The number of aromatic nitrogens is 1. The number of benzene rings is 1. The molecule has 3 rings (SSSR count). The number of ether oxygens (including phenoxy) is 1. The minimum absolute atomic E-state index is 0.156. The maximum absolute atomic E-state index is 13.1. The molecule has 3 atom stereocenters. The predicted molar refractivity (Wildman–Crippen MR) is 127 cm³/mol. The third-order valence-corrected chi connectivity index (χ3v) is 6.79. The van der Waals surface area contributed by atoms with Gasteiger partial charge in [0.1, 0.15) is 12.1 Å². The summed E-state index contributed by atoms with van der Waals surface area (Å²) in [4.78, 5) is 44.4. The molecular formula is C24H32N4O4S. The molecule has 1 aliphatic rings. The third-order valence-electron chi connectivity index (χ3n) is 5.81. The van der Waals surface area contributed by atoms with Crippen LogP contribution in [-0.4, -0.2) is 52.4 Å². The molecule has 1 aromatic carbocycles. The van der Waals surface area contributed by atoms with Crippen molar-refractivity contribution in [2.24, 2.45) is 11.1 Å². The summed E-state index contributed by atoms with van der Waals surface area (Å²) >= 11 is 1.59. The van der Waals surface area contributed by atoms with E-state index in [1.807, 2.05) is 57.5 Å². The van der Waals surface area contributed by atoms with Crippen LogP contribution in [0.25, 0.3) is 10.4 Å². The van der Waals surface area contributed by atoms with Gasteiger partial charge in [0.15, 0.2) is 0 Å². The van der Waals surface area contributed by atoms with E-state index in [1.54, 1.807) is 11.3 Å². The summed E-state index contributed by atoms with van der Waals surface area (Å²) in [5.74, 6) is -1.05. The second-order valence-corrected chi connectivity index (χ2v) is 10.4. The zero-order valence-electron chi connectivity index (χ0n) is 19.8. The number of aryl methyl sites for hydroxylation is 1. The van der Waals surface area contributed by atoms with Crippen LogP contribution < -0.4 is 11.1 Å². The lowest BCUT2D eigenvalue weighted by atomic mass is 9.86. The number of nitrogens with zero attached hydrogens (tertiary/aromatic N) is 2. The first kappa shape index (κ1) is 24.9. The van der Waals surface area contributed by atoms with Crippen LogP contribution in [0.5, 0.6) is 0 Å². The minimum Gasteiger partial charge on any atom is -0.461 e. The Morgan fingerprint density at radius 1 is 1.27 bits per heavy atom. The summed E-state index contributed by atoms with van der Waals surface area (Å²) in [6.07, 6.45) is -0.284. The number of rotatable bonds is 6. The fourth-order valence-corrected chi connectivity index (χ4v) is 4.63. The molecule has 0 spiro atoms. The Bertz CT molecular complexity index is 1010. The van der Waals surface area contributed by atoms with Crippen molar-refractivity contribution in [2.45, 2.75) is 65.8 Å². The van der Waals surface area contributed by atoms with E-state index in [1.165, 1.54) is 11.8 Å². The maximum Gasteiger partial charge on any atom is 0.302 e. The number of likely N-dealkylation sites (tertiary alicyclic amines) is 1. The molecule has 0 bridgehead atoms. The number of carbonyl (C=O) groups excluding carboxylic acids is 3. The van der Waals surface area contributed by atoms with Crippen LogP contribution in [0.3, 0.4) is 0 Å². The molecule has 1 fully saturated rings. The van der Waals surface area contributed by atoms with Gasteiger partial charge in [-0.3, -0.25) is 14.4 Å². The van der Waals surface area contributed by atoms with Crippen molar-refractivity contribution in [3.63, 3.8) is 0 Å². The van der Waals surface area contributed by atoms with Crippen LogP contribution in [0.1, 0.15) is 45.4 Å². The standard InChI is InChI=1S/C24H32N4O4S/c1-14-20(33-13-27-14)17-8-6-16(7-9-17)11-26-22(30)19-10-18(32-15(2)29)12-28(19)23(31)21(25)24(3,4)5/h6-9,13,18-19,21H,10-12,25H2,1-5H3,(H,26,30)/t18?,19-,21+/m0/s1. The molecule has 0 aliphatic carbocycles. The quantitative estimate of drug-likeness (QED) is 0.625. The van der Waals surface area contributed by atoms with E-state index < -0.39 is 29.6 Å². The lowest BCUT2D eigenvalue weighted by Crippen LogP contribution is -2.54. The van der Waals surface area contributed by atoms with Crippen molar-refractivity contribution in [3.05, 3.63) is 41.0 Å². The van der Waals surface area contributed by atoms with Gasteiger partial charge in [-0.25, -0.2) is 4.98 Å². The molecule has 3 N–H and O–H groups in total. The molecule has 1 saturated heterocycles. The van der Waals surface area contributed by atoms with Gasteiger partial charge in [0.25, 0.3) is 0 Å². The van der Waals surface area contributed by atoms with Gasteiger partial charge in [0.05, 0.1) is 28.7 Å². The van der Waals surface area contributed by atoms with Gasteiger partial charge >= 0.3 is 5.97 Å². The smallest absolute Gasteiger partial charge is 0.302 e. The summed E-state index contributed by atoms with van der Waals surface area (Å²) in [5.41, 5.74) is 10.5. The average molecular weight is 473 g/mol. The summed E-state index contributed by atoms with van der Waals surface area (Å²) in [5, 5.41) is 2.92.